The van der Waals surface area contributed by atoms with Gasteiger partial charge in [-0.15, -0.1) is 4.65 Å². The molecule has 2 fully saturated rings. The van der Waals surface area contributed by atoms with Crippen molar-refractivity contribution in [2.24, 2.45) is 39.4 Å². The zero-order chi connectivity index (χ0) is 38.7. The van der Waals surface area contributed by atoms with Gasteiger partial charge in [0.2, 0.25) is 0 Å². The minimum Gasteiger partial charge on any atom is -0.464 e. The molecular formula is C40H70NO10+. The van der Waals surface area contributed by atoms with Crippen LogP contribution in [0.3, 0.4) is 0 Å². The van der Waals surface area contributed by atoms with Gasteiger partial charge in [0.25, 0.3) is 0 Å². The van der Waals surface area contributed by atoms with E-state index in [2.05, 4.69) is 34.6 Å². The van der Waals surface area contributed by atoms with E-state index in [9.17, 15) is 24.0 Å². The summed E-state index contributed by atoms with van der Waals surface area (Å²) in [4.78, 5) is 69.0. The lowest BCUT2D eigenvalue weighted by Gasteiger charge is -2.46. The highest BCUT2D eigenvalue weighted by Gasteiger charge is 2.44. The van der Waals surface area contributed by atoms with Crippen LogP contribution in [0.1, 0.15) is 140 Å². The van der Waals surface area contributed by atoms with Gasteiger partial charge < -0.3 is 23.7 Å². The van der Waals surface area contributed by atoms with E-state index in [4.69, 9.17) is 23.8 Å². The van der Waals surface area contributed by atoms with Crippen molar-refractivity contribution in [1.82, 2.24) is 0 Å². The molecule has 0 N–H and O–H groups in total. The van der Waals surface area contributed by atoms with Gasteiger partial charge in [-0.1, -0.05) is 34.6 Å². The lowest BCUT2D eigenvalue weighted by Crippen LogP contribution is -2.53. The first-order valence-electron chi connectivity index (χ1n) is 19.2. The van der Waals surface area contributed by atoms with E-state index in [1.54, 1.807) is 13.8 Å². The molecule has 0 saturated heterocycles. The summed E-state index contributed by atoms with van der Waals surface area (Å²) in [5.74, 6) is -0.576. The third-order valence-electron chi connectivity index (χ3n) is 11.3. The number of hydrogen-bond acceptors (Lipinski definition) is 10. The first kappa shape index (κ1) is 44.6. The van der Waals surface area contributed by atoms with Crippen LogP contribution in [0.5, 0.6) is 0 Å². The molecule has 0 radical (unpaired) electrons. The number of rotatable bonds is 19. The van der Waals surface area contributed by atoms with Crippen molar-refractivity contribution in [2.75, 3.05) is 46.6 Å². The van der Waals surface area contributed by atoms with Crippen molar-refractivity contribution in [2.45, 2.75) is 140 Å². The Hall–Kier alpha value is -2.53. The van der Waals surface area contributed by atoms with Gasteiger partial charge >= 0.3 is 24.1 Å². The van der Waals surface area contributed by atoms with E-state index in [1.165, 1.54) is 7.11 Å². The van der Waals surface area contributed by atoms with E-state index in [0.29, 0.717) is 50.7 Å². The normalized spacial score (nSPS) is 25.6. The SMILES string of the molecule is CC[N+](CC)(CC)OC(=O)C(C)(COC)COC(=O)CCC1(C)CC(COC(=O)OC(=O)CCC2CC(CC(C)=O)CC(C)(C)C2)CC(C)(C)C1. The fraction of sp³-hybridized carbons (Fsp3) is 0.875. The summed E-state index contributed by atoms with van der Waals surface area (Å²) in [7, 11) is 1.50. The summed E-state index contributed by atoms with van der Waals surface area (Å²) in [6.07, 6.45) is 6.46. The summed E-state index contributed by atoms with van der Waals surface area (Å²) in [5.41, 5.74) is -1.30. The van der Waals surface area contributed by atoms with Gasteiger partial charge in [-0.25, -0.2) is 9.59 Å². The maximum atomic E-state index is 13.3. The quantitative estimate of drug-likeness (QED) is 0.0559. The highest BCUT2D eigenvalue weighted by molar-refractivity contribution is 5.81. The van der Waals surface area contributed by atoms with Crippen molar-refractivity contribution >= 4 is 29.8 Å². The summed E-state index contributed by atoms with van der Waals surface area (Å²) < 4.78 is 21.7. The summed E-state index contributed by atoms with van der Waals surface area (Å²) in [6.45, 7) is 22.1. The maximum absolute atomic E-state index is 13.3. The number of ketones is 1. The third kappa shape index (κ3) is 14.8. The summed E-state index contributed by atoms with van der Waals surface area (Å²) in [5, 5.41) is 0. The van der Waals surface area contributed by atoms with Crippen molar-refractivity contribution in [3.8, 4) is 0 Å². The largest absolute Gasteiger partial charge is 0.516 e. The standard InChI is InChI=1S/C40H70NO10/c1-12-41(13-2,14-3)51-35(45)40(10,27-47-11)28-49-33(43)17-18-39(9)24-32(23-38(7,8)26-39)25-48-36(46)50-34(44)16-15-30-20-31(19-29(4)42)22-37(5,6)21-30/h30-32H,12-28H2,1-11H3/q+1. The van der Waals surface area contributed by atoms with Crippen LogP contribution in [-0.2, 0) is 43.0 Å². The Balaban J connectivity index is 1.87. The fourth-order valence-corrected chi connectivity index (χ4v) is 9.25. The number of Topliss-reactive ketones (excluding diaryl/α,β-unsaturated/α-hetero) is 1. The van der Waals surface area contributed by atoms with Crippen LogP contribution in [0, 0.1) is 39.4 Å². The van der Waals surface area contributed by atoms with Gasteiger partial charge in [-0.3, -0.25) is 14.4 Å². The Bertz CT molecular complexity index is 1190. The second-order valence-corrected chi connectivity index (χ2v) is 18.0. The minimum atomic E-state index is -1.14. The molecule has 0 amide bonds. The second kappa shape index (κ2) is 19.0. The highest BCUT2D eigenvalue weighted by atomic mass is 16.8. The van der Waals surface area contributed by atoms with Crippen LogP contribution in [-0.4, -0.2) is 81.1 Å². The van der Waals surface area contributed by atoms with Gasteiger partial charge in [0, 0.05) is 26.4 Å². The van der Waals surface area contributed by atoms with Crippen LogP contribution in [0.15, 0.2) is 0 Å². The molecule has 5 unspecified atom stereocenters. The van der Waals surface area contributed by atoms with Crippen molar-refractivity contribution in [3.63, 3.8) is 0 Å². The van der Waals surface area contributed by atoms with Gasteiger partial charge in [-0.05, 0) is 120 Å². The van der Waals surface area contributed by atoms with Gasteiger partial charge in [0.05, 0.1) is 13.2 Å². The molecule has 0 aromatic heterocycles. The number of hydrogen-bond donors (Lipinski definition) is 0. The maximum Gasteiger partial charge on any atom is 0.516 e. The van der Waals surface area contributed by atoms with Gasteiger partial charge in [0.15, 0.2) is 0 Å². The Kier molecular flexibility index (Phi) is 16.6. The van der Waals surface area contributed by atoms with Gasteiger partial charge in [0.1, 0.15) is 37.4 Å². The number of carbonyl (C=O) groups excluding carboxylic acids is 5. The molecule has 51 heavy (non-hydrogen) atoms. The second-order valence-electron chi connectivity index (χ2n) is 18.0. The molecule has 2 aliphatic rings. The first-order valence-corrected chi connectivity index (χ1v) is 19.2. The van der Waals surface area contributed by atoms with E-state index >= 15 is 0 Å². The first-order chi connectivity index (χ1) is 23.6. The molecule has 2 saturated carbocycles. The highest BCUT2D eigenvalue weighted by Crippen LogP contribution is 2.51. The minimum absolute atomic E-state index is 0.0361. The number of methoxy groups -OCH3 is 1. The Labute approximate surface area is 307 Å². The molecule has 0 bridgehead atoms. The summed E-state index contributed by atoms with van der Waals surface area (Å²) in [6, 6.07) is 0. The van der Waals surface area contributed by atoms with Crippen molar-refractivity contribution < 1.29 is 52.4 Å². The molecule has 2 aliphatic carbocycles. The molecule has 294 valence electrons. The summed E-state index contributed by atoms with van der Waals surface area (Å²) >= 11 is 0. The number of nitrogens with zero attached hydrogens (tertiary/aromatic N) is 1. The van der Waals surface area contributed by atoms with Crippen LogP contribution in [0.4, 0.5) is 4.79 Å². The van der Waals surface area contributed by atoms with E-state index in [1.807, 2.05) is 20.8 Å². The number of quaternary nitrogens is 1. The lowest BCUT2D eigenvalue weighted by atomic mass is 9.59. The predicted molar refractivity (Wildman–Crippen MR) is 194 cm³/mol. The fourth-order valence-electron chi connectivity index (χ4n) is 9.25. The Morgan fingerprint density at radius 2 is 1.37 bits per heavy atom. The van der Waals surface area contributed by atoms with E-state index in [0.717, 1.165) is 38.5 Å². The molecule has 0 aliphatic heterocycles. The average Bonchev–Trinajstić information content (AvgIpc) is 3.01. The average molecular weight is 725 g/mol. The lowest BCUT2D eigenvalue weighted by molar-refractivity contribution is -1.09. The van der Waals surface area contributed by atoms with Crippen LogP contribution >= 0.6 is 0 Å². The number of carbonyl (C=O) groups is 5. The number of hydroxylamine groups is 3. The van der Waals surface area contributed by atoms with Gasteiger partial charge in [-0.2, -0.15) is 0 Å². The molecule has 0 aromatic rings. The molecule has 11 nitrogen and oxygen atoms in total. The molecule has 2 rings (SSSR count). The molecular weight excluding hydrogens is 654 g/mol. The zero-order valence-electron chi connectivity index (χ0n) is 33.8. The van der Waals surface area contributed by atoms with Crippen LogP contribution in [0.25, 0.3) is 0 Å². The third-order valence-corrected chi connectivity index (χ3v) is 11.3. The Morgan fingerprint density at radius 3 is 1.96 bits per heavy atom. The van der Waals surface area contributed by atoms with Crippen LogP contribution < -0.4 is 0 Å². The monoisotopic (exact) mass is 724 g/mol. The topological polar surface area (TPSA) is 132 Å². The zero-order valence-corrected chi connectivity index (χ0v) is 33.8. The molecule has 11 heteroatoms. The molecule has 0 aromatic carbocycles. The number of esters is 2. The van der Waals surface area contributed by atoms with E-state index in [-0.39, 0.29) is 65.3 Å². The molecule has 0 heterocycles. The van der Waals surface area contributed by atoms with Crippen molar-refractivity contribution in [3.05, 3.63) is 0 Å². The van der Waals surface area contributed by atoms with Crippen LogP contribution in [0.2, 0.25) is 0 Å². The molecule has 5 atom stereocenters. The molecule has 0 spiro atoms. The smallest absolute Gasteiger partial charge is 0.464 e. The van der Waals surface area contributed by atoms with E-state index < -0.39 is 29.5 Å². The Morgan fingerprint density at radius 1 is 0.765 bits per heavy atom. The number of ether oxygens (including phenoxy) is 4. The van der Waals surface area contributed by atoms with Crippen molar-refractivity contribution in [1.29, 1.82) is 0 Å². The predicted octanol–water partition coefficient (Wildman–Crippen LogP) is 8.01.